The molecule has 0 bridgehead atoms. The Morgan fingerprint density at radius 1 is 1.05 bits per heavy atom. The number of amides is 1. The lowest BCUT2D eigenvalue weighted by Gasteiger charge is -2.36. The highest BCUT2D eigenvalue weighted by molar-refractivity contribution is 5.84. The first kappa shape index (κ1) is 13.4. The van der Waals surface area contributed by atoms with Crippen LogP contribution in [0.2, 0.25) is 0 Å². The fourth-order valence-corrected chi connectivity index (χ4v) is 4.51. The average molecular weight is 264 g/mol. The molecule has 1 saturated heterocycles. The predicted molar refractivity (Wildman–Crippen MR) is 76.5 cm³/mol. The molecule has 2 saturated carbocycles. The summed E-state index contributed by atoms with van der Waals surface area (Å²) in [7, 11) is 0. The van der Waals surface area contributed by atoms with Gasteiger partial charge >= 0.3 is 0 Å². The second kappa shape index (κ2) is 5.08. The van der Waals surface area contributed by atoms with Gasteiger partial charge in [-0.1, -0.05) is 26.7 Å². The molecule has 1 aliphatic heterocycles. The highest BCUT2D eigenvalue weighted by Crippen LogP contribution is 2.40. The minimum atomic E-state index is 0.0220. The van der Waals surface area contributed by atoms with E-state index in [1.54, 1.807) is 0 Å². The highest BCUT2D eigenvalue weighted by Gasteiger charge is 2.47. The van der Waals surface area contributed by atoms with Crippen molar-refractivity contribution in [1.29, 1.82) is 0 Å². The molecule has 3 fully saturated rings. The smallest absolute Gasteiger partial charge is 0.240 e. The van der Waals surface area contributed by atoms with Gasteiger partial charge in [0.25, 0.3) is 0 Å². The summed E-state index contributed by atoms with van der Waals surface area (Å²) in [6, 6.07) is 0.499. The Kier molecular flexibility index (Phi) is 3.59. The SMILES string of the molecule is CC1NC(C2CCCC2)N(C2CCC(C)C2C)C1=O. The van der Waals surface area contributed by atoms with Crippen molar-refractivity contribution < 1.29 is 4.79 Å². The normalized spacial score (nSPS) is 44.5. The summed E-state index contributed by atoms with van der Waals surface area (Å²) in [5, 5.41) is 3.58. The van der Waals surface area contributed by atoms with Crippen LogP contribution in [0, 0.1) is 17.8 Å². The molecule has 108 valence electrons. The third-order valence-corrected chi connectivity index (χ3v) is 5.97. The Morgan fingerprint density at radius 2 is 1.74 bits per heavy atom. The summed E-state index contributed by atoms with van der Waals surface area (Å²) < 4.78 is 0. The van der Waals surface area contributed by atoms with E-state index in [2.05, 4.69) is 24.1 Å². The zero-order chi connectivity index (χ0) is 13.6. The molecule has 2 aliphatic carbocycles. The molecular weight excluding hydrogens is 236 g/mol. The van der Waals surface area contributed by atoms with Crippen LogP contribution in [0.3, 0.4) is 0 Å². The third-order valence-electron chi connectivity index (χ3n) is 5.97. The van der Waals surface area contributed by atoms with Crippen LogP contribution >= 0.6 is 0 Å². The van der Waals surface area contributed by atoms with Gasteiger partial charge < -0.3 is 4.90 Å². The molecule has 19 heavy (non-hydrogen) atoms. The van der Waals surface area contributed by atoms with Crippen molar-refractivity contribution in [2.75, 3.05) is 0 Å². The van der Waals surface area contributed by atoms with Crippen molar-refractivity contribution in [2.45, 2.75) is 77.5 Å². The summed E-state index contributed by atoms with van der Waals surface area (Å²) in [6.07, 6.45) is 8.08. The standard InChI is InChI=1S/C16H28N2O/c1-10-8-9-14(11(10)2)18-15(13-6-4-5-7-13)17-12(3)16(18)19/h10-15,17H,4-9H2,1-3H3. The van der Waals surface area contributed by atoms with E-state index in [9.17, 15) is 4.79 Å². The van der Waals surface area contributed by atoms with Crippen molar-refractivity contribution >= 4 is 5.91 Å². The lowest BCUT2D eigenvalue weighted by Crippen LogP contribution is -2.49. The number of carbonyl (C=O) groups is 1. The molecule has 3 aliphatic rings. The summed E-state index contributed by atoms with van der Waals surface area (Å²) in [6.45, 7) is 6.71. The van der Waals surface area contributed by atoms with E-state index in [1.165, 1.54) is 38.5 Å². The van der Waals surface area contributed by atoms with Gasteiger partial charge in [0.05, 0.1) is 12.2 Å². The molecule has 0 aromatic rings. The van der Waals surface area contributed by atoms with Crippen molar-refractivity contribution in [2.24, 2.45) is 17.8 Å². The van der Waals surface area contributed by atoms with E-state index in [0.29, 0.717) is 30.0 Å². The number of nitrogens with one attached hydrogen (secondary N) is 1. The van der Waals surface area contributed by atoms with Crippen LogP contribution in [0.4, 0.5) is 0 Å². The fourth-order valence-electron chi connectivity index (χ4n) is 4.51. The highest BCUT2D eigenvalue weighted by atomic mass is 16.2. The third kappa shape index (κ3) is 2.20. The van der Waals surface area contributed by atoms with Crippen LogP contribution in [-0.4, -0.2) is 29.1 Å². The second-order valence-electron chi connectivity index (χ2n) is 7.10. The zero-order valence-corrected chi connectivity index (χ0v) is 12.6. The number of nitrogens with zero attached hydrogens (tertiary/aromatic N) is 1. The van der Waals surface area contributed by atoms with E-state index in [4.69, 9.17) is 0 Å². The molecule has 3 heteroatoms. The van der Waals surface area contributed by atoms with Gasteiger partial charge in [-0.2, -0.15) is 0 Å². The van der Waals surface area contributed by atoms with Gasteiger partial charge in [-0.25, -0.2) is 0 Å². The maximum atomic E-state index is 12.6. The van der Waals surface area contributed by atoms with Gasteiger partial charge in [-0.05, 0) is 50.4 Å². The summed E-state index contributed by atoms with van der Waals surface area (Å²) in [5.41, 5.74) is 0. The van der Waals surface area contributed by atoms with Crippen molar-refractivity contribution in [1.82, 2.24) is 10.2 Å². The Bertz CT molecular complexity index is 351. The average Bonchev–Trinajstić information content (AvgIpc) is 3.07. The minimum absolute atomic E-state index is 0.0220. The number of hydrogen-bond donors (Lipinski definition) is 1. The lowest BCUT2D eigenvalue weighted by atomic mass is 9.95. The quantitative estimate of drug-likeness (QED) is 0.832. The Balaban J connectivity index is 1.81. The monoisotopic (exact) mass is 264 g/mol. The first-order valence-electron chi connectivity index (χ1n) is 8.18. The van der Waals surface area contributed by atoms with E-state index in [-0.39, 0.29) is 6.04 Å². The molecular formula is C16H28N2O. The lowest BCUT2D eigenvalue weighted by molar-refractivity contribution is -0.133. The van der Waals surface area contributed by atoms with E-state index in [0.717, 1.165) is 5.92 Å². The predicted octanol–water partition coefficient (Wildman–Crippen LogP) is 2.76. The molecule has 5 atom stereocenters. The van der Waals surface area contributed by atoms with Crippen LogP contribution in [-0.2, 0) is 4.79 Å². The zero-order valence-electron chi connectivity index (χ0n) is 12.6. The molecule has 3 nitrogen and oxygen atoms in total. The van der Waals surface area contributed by atoms with Gasteiger partial charge in [-0.3, -0.25) is 10.1 Å². The second-order valence-corrected chi connectivity index (χ2v) is 7.10. The van der Waals surface area contributed by atoms with Crippen LogP contribution in [0.25, 0.3) is 0 Å². The molecule has 0 aromatic heterocycles. The van der Waals surface area contributed by atoms with E-state index in [1.807, 2.05) is 6.92 Å². The maximum Gasteiger partial charge on any atom is 0.240 e. The summed E-state index contributed by atoms with van der Waals surface area (Å²) >= 11 is 0. The molecule has 0 radical (unpaired) electrons. The molecule has 1 N–H and O–H groups in total. The Hall–Kier alpha value is -0.570. The Labute approximate surface area is 117 Å². The van der Waals surface area contributed by atoms with Crippen LogP contribution < -0.4 is 5.32 Å². The van der Waals surface area contributed by atoms with Gasteiger partial charge in [0.1, 0.15) is 0 Å². The molecule has 3 rings (SSSR count). The number of rotatable bonds is 2. The van der Waals surface area contributed by atoms with Crippen molar-refractivity contribution in [3.8, 4) is 0 Å². The van der Waals surface area contributed by atoms with Crippen LogP contribution in [0.15, 0.2) is 0 Å². The first-order valence-corrected chi connectivity index (χ1v) is 8.18. The molecule has 5 unspecified atom stereocenters. The van der Waals surface area contributed by atoms with Crippen LogP contribution in [0.1, 0.15) is 59.3 Å². The summed E-state index contributed by atoms with van der Waals surface area (Å²) in [5.74, 6) is 2.46. The van der Waals surface area contributed by atoms with Gasteiger partial charge in [-0.15, -0.1) is 0 Å². The summed E-state index contributed by atoms with van der Waals surface area (Å²) in [4.78, 5) is 14.8. The molecule has 1 heterocycles. The number of hydrogen-bond acceptors (Lipinski definition) is 2. The van der Waals surface area contributed by atoms with E-state index < -0.39 is 0 Å². The minimum Gasteiger partial charge on any atom is -0.322 e. The largest absolute Gasteiger partial charge is 0.322 e. The van der Waals surface area contributed by atoms with Crippen molar-refractivity contribution in [3.63, 3.8) is 0 Å². The molecule has 1 amide bonds. The Morgan fingerprint density at radius 3 is 2.32 bits per heavy atom. The van der Waals surface area contributed by atoms with Gasteiger partial charge in [0.15, 0.2) is 0 Å². The topological polar surface area (TPSA) is 32.3 Å². The van der Waals surface area contributed by atoms with Crippen molar-refractivity contribution in [3.05, 3.63) is 0 Å². The van der Waals surface area contributed by atoms with Crippen LogP contribution in [0.5, 0.6) is 0 Å². The first-order chi connectivity index (χ1) is 9.09. The number of carbonyl (C=O) groups excluding carboxylic acids is 1. The molecule has 0 spiro atoms. The fraction of sp³-hybridized carbons (Fsp3) is 0.938. The van der Waals surface area contributed by atoms with E-state index >= 15 is 0 Å². The van der Waals surface area contributed by atoms with Gasteiger partial charge in [0, 0.05) is 6.04 Å². The maximum absolute atomic E-state index is 12.6. The van der Waals surface area contributed by atoms with Gasteiger partial charge in [0.2, 0.25) is 5.91 Å². The molecule has 0 aromatic carbocycles.